The summed E-state index contributed by atoms with van der Waals surface area (Å²) in [6.07, 6.45) is 3.98. The highest BCUT2D eigenvalue weighted by molar-refractivity contribution is 6.35. The Hall–Kier alpha value is -1.69. The molecule has 0 spiro atoms. The summed E-state index contributed by atoms with van der Waals surface area (Å²) in [6, 6.07) is 5.32. The summed E-state index contributed by atoms with van der Waals surface area (Å²) in [6.45, 7) is 3.47. The minimum absolute atomic E-state index is 0.0951. The number of nitrogen functional groups attached to an aromatic ring is 1. The highest BCUT2D eigenvalue weighted by Crippen LogP contribution is 2.54. The minimum Gasteiger partial charge on any atom is -0.397 e. The summed E-state index contributed by atoms with van der Waals surface area (Å²) in [5.41, 5.74) is 7.73. The number of hydrogen-bond donors (Lipinski definition) is 2. The van der Waals surface area contributed by atoms with Crippen LogP contribution in [0.25, 0.3) is 10.9 Å². The predicted molar refractivity (Wildman–Crippen MR) is 103 cm³/mol. The second-order valence-electron chi connectivity index (χ2n) is 7.51. The van der Waals surface area contributed by atoms with Crippen molar-refractivity contribution in [1.29, 1.82) is 0 Å². The first-order valence-corrected chi connectivity index (χ1v) is 9.67. The van der Waals surface area contributed by atoms with Gasteiger partial charge in [-0.05, 0) is 48.8 Å². The molecule has 2 unspecified atom stereocenters. The lowest BCUT2D eigenvalue weighted by Crippen LogP contribution is -2.26. The van der Waals surface area contributed by atoms with Crippen LogP contribution < -0.4 is 5.73 Å². The van der Waals surface area contributed by atoms with Crippen molar-refractivity contribution < 1.29 is 9.90 Å². The van der Waals surface area contributed by atoms with Crippen molar-refractivity contribution >= 4 is 34.0 Å². The first-order valence-electron chi connectivity index (χ1n) is 9.29. The predicted octanol–water partition coefficient (Wildman–Crippen LogP) is 2.99. The number of nitrogens with zero attached hydrogens (tertiary/aromatic N) is 2. The molecule has 2 heterocycles. The number of aliphatic hydroxyl groups excluding tert-OH is 1. The van der Waals surface area contributed by atoms with Gasteiger partial charge in [0.05, 0.1) is 16.2 Å². The molecule has 4 rings (SSSR count). The van der Waals surface area contributed by atoms with Crippen molar-refractivity contribution in [1.82, 2.24) is 9.88 Å². The Bertz CT molecular complexity index is 829. The van der Waals surface area contributed by atoms with E-state index in [0.717, 1.165) is 49.7 Å². The molecule has 2 aromatic rings. The Morgan fingerprint density at radius 1 is 1.38 bits per heavy atom. The minimum atomic E-state index is 0.0951. The molecular weight excluding hydrogens is 350 g/mol. The van der Waals surface area contributed by atoms with Gasteiger partial charge in [0.1, 0.15) is 0 Å². The summed E-state index contributed by atoms with van der Waals surface area (Å²) in [4.78, 5) is 19.6. The highest BCUT2D eigenvalue weighted by Gasteiger charge is 2.54. The van der Waals surface area contributed by atoms with Crippen molar-refractivity contribution in [3.63, 3.8) is 0 Å². The number of nitrogens with two attached hydrogens (primary N) is 1. The number of Topliss-reactive ketones (excluding diaryl/α,β-unsaturated/α-hetero) is 1. The van der Waals surface area contributed by atoms with E-state index in [1.807, 2.05) is 6.07 Å². The first-order chi connectivity index (χ1) is 12.6. The summed E-state index contributed by atoms with van der Waals surface area (Å²) in [5, 5.41) is 10.1. The lowest BCUT2D eigenvalue weighted by atomic mass is 9.99. The number of rotatable bonds is 7. The molecule has 6 heteroatoms. The molecule has 0 bridgehead atoms. The number of anilines is 1. The van der Waals surface area contributed by atoms with E-state index in [9.17, 15) is 4.79 Å². The average molecular weight is 374 g/mol. The van der Waals surface area contributed by atoms with Crippen LogP contribution in [-0.4, -0.2) is 47.0 Å². The smallest absolute Gasteiger partial charge is 0.165 e. The van der Waals surface area contributed by atoms with Crippen LogP contribution in [0, 0.1) is 17.8 Å². The Balaban J connectivity index is 1.39. The Kier molecular flexibility index (Phi) is 4.86. The van der Waals surface area contributed by atoms with Gasteiger partial charge in [0.25, 0.3) is 0 Å². The molecule has 5 nitrogen and oxygen atoms in total. The van der Waals surface area contributed by atoms with E-state index in [1.165, 1.54) is 0 Å². The van der Waals surface area contributed by atoms with Crippen molar-refractivity contribution in [2.24, 2.45) is 17.8 Å². The third-order valence-electron chi connectivity index (χ3n) is 5.97. The number of halogens is 1. The van der Waals surface area contributed by atoms with Crippen LogP contribution in [0.1, 0.15) is 29.6 Å². The van der Waals surface area contributed by atoms with Gasteiger partial charge in [0.2, 0.25) is 0 Å². The second kappa shape index (κ2) is 7.14. The zero-order valence-electron chi connectivity index (χ0n) is 14.7. The number of piperidine rings is 1. The fourth-order valence-corrected chi connectivity index (χ4v) is 4.74. The monoisotopic (exact) mass is 373 g/mol. The molecule has 1 aromatic heterocycles. The molecule has 1 aromatic carbocycles. The van der Waals surface area contributed by atoms with Crippen molar-refractivity contribution in [3.05, 3.63) is 35.0 Å². The summed E-state index contributed by atoms with van der Waals surface area (Å²) >= 11 is 6.22. The van der Waals surface area contributed by atoms with Gasteiger partial charge in [0, 0.05) is 49.8 Å². The molecule has 1 saturated carbocycles. The molecule has 1 aliphatic carbocycles. The Morgan fingerprint density at radius 2 is 2.15 bits per heavy atom. The van der Waals surface area contributed by atoms with Gasteiger partial charge in [0.15, 0.2) is 5.78 Å². The summed E-state index contributed by atoms with van der Waals surface area (Å²) < 4.78 is 0. The van der Waals surface area contributed by atoms with Crippen LogP contribution in [-0.2, 0) is 0 Å². The fraction of sp³-hybridized carbons (Fsp3) is 0.500. The third-order valence-corrected chi connectivity index (χ3v) is 6.28. The number of pyridine rings is 1. The number of aliphatic hydroxyl groups is 1. The zero-order valence-corrected chi connectivity index (χ0v) is 15.5. The van der Waals surface area contributed by atoms with Crippen molar-refractivity contribution in [2.75, 3.05) is 32.0 Å². The first kappa shape index (κ1) is 17.7. The van der Waals surface area contributed by atoms with Gasteiger partial charge in [-0.2, -0.15) is 0 Å². The number of benzene rings is 1. The maximum Gasteiger partial charge on any atom is 0.165 e. The van der Waals surface area contributed by atoms with E-state index in [-0.39, 0.29) is 12.4 Å². The van der Waals surface area contributed by atoms with E-state index in [0.29, 0.717) is 34.1 Å². The van der Waals surface area contributed by atoms with Gasteiger partial charge in [-0.1, -0.05) is 11.6 Å². The molecule has 26 heavy (non-hydrogen) atoms. The molecule has 0 amide bonds. The lowest BCUT2D eigenvalue weighted by molar-refractivity contribution is 0.0977. The number of ketones is 1. The van der Waals surface area contributed by atoms with Crippen molar-refractivity contribution in [2.45, 2.75) is 19.3 Å². The van der Waals surface area contributed by atoms with E-state index < -0.39 is 0 Å². The molecule has 2 fully saturated rings. The lowest BCUT2D eigenvalue weighted by Gasteiger charge is -2.18. The number of carbonyl (C=O) groups excluding carboxylic acids is 1. The Labute approximate surface area is 158 Å². The van der Waals surface area contributed by atoms with E-state index in [2.05, 4.69) is 9.88 Å². The van der Waals surface area contributed by atoms with E-state index in [4.69, 9.17) is 22.4 Å². The molecule has 0 radical (unpaired) electrons. The van der Waals surface area contributed by atoms with E-state index >= 15 is 0 Å². The molecule has 1 aliphatic heterocycles. The van der Waals surface area contributed by atoms with Gasteiger partial charge in [-0.3, -0.25) is 9.78 Å². The molecule has 3 N–H and O–H groups in total. The Morgan fingerprint density at radius 3 is 2.88 bits per heavy atom. The van der Waals surface area contributed by atoms with Gasteiger partial charge >= 0.3 is 0 Å². The van der Waals surface area contributed by atoms with Crippen LogP contribution in [0.5, 0.6) is 0 Å². The molecule has 2 atom stereocenters. The maximum atomic E-state index is 12.8. The standard InChI is InChI=1S/C20H24ClN3O2/c21-17-9-14(20-13(19(17)22)3-1-6-23-20)18(26)5-4-12-15-10-24(7-2-8-25)11-16(12)15/h1,3,6,9,12,15-16,25H,2,4-5,7-8,10-11,22H2. The van der Waals surface area contributed by atoms with Gasteiger partial charge < -0.3 is 15.7 Å². The van der Waals surface area contributed by atoms with Gasteiger partial charge in [-0.25, -0.2) is 0 Å². The van der Waals surface area contributed by atoms with Crippen LogP contribution >= 0.6 is 11.6 Å². The quantitative estimate of drug-likeness (QED) is 0.576. The van der Waals surface area contributed by atoms with Crippen LogP contribution in [0.2, 0.25) is 5.02 Å². The number of fused-ring (bicyclic) bond motifs is 2. The fourth-order valence-electron chi connectivity index (χ4n) is 4.53. The maximum absolute atomic E-state index is 12.8. The molecular formula is C20H24ClN3O2. The molecule has 1 saturated heterocycles. The number of aromatic nitrogens is 1. The summed E-state index contributed by atoms with van der Waals surface area (Å²) in [7, 11) is 0. The second-order valence-corrected chi connectivity index (χ2v) is 7.92. The SMILES string of the molecule is Nc1c(Cl)cc(C(=O)CCC2C3CN(CCCO)CC23)c2ncccc12. The van der Waals surface area contributed by atoms with Gasteiger partial charge in [-0.15, -0.1) is 0 Å². The average Bonchev–Trinajstić information content (AvgIpc) is 3.11. The highest BCUT2D eigenvalue weighted by atomic mass is 35.5. The largest absolute Gasteiger partial charge is 0.397 e. The van der Waals surface area contributed by atoms with Crippen LogP contribution in [0.3, 0.4) is 0 Å². The number of carbonyl (C=O) groups is 1. The summed E-state index contributed by atoms with van der Waals surface area (Å²) in [5.74, 6) is 2.21. The third kappa shape index (κ3) is 3.20. The zero-order chi connectivity index (χ0) is 18.3. The van der Waals surface area contributed by atoms with Crippen LogP contribution in [0.4, 0.5) is 5.69 Å². The van der Waals surface area contributed by atoms with E-state index in [1.54, 1.807) is 18.3 Å². The van der Waals surface area contributed by atoms with Crippen LogP contribution in [0.15, 0.2) is 24.4 Å². The molecule has 2 aliphatic rings. The molecule has 138 valence electrons. The topological polar surface area (TPSA) is 79.5 Å². The van der Waals surface area contributed by atoms with Crippen molar-refractivity contribution in [3.8, 4) is 0 Å². The normalized spacial score (nSPS) is 24.8. The number of hydrogen-bond acceptors (Lipinski definition) is 5. The number of likely N-dealkylation sites (tertiary alicyclic amines) is 1.